The van der Waals surface area contributed by atoms with Gasteiger partial charge in [-0.3, -0.25) is 9.59 Å². The van der Waals surface area contributed by atoms with Crippen molar-refractivity contribution in [2.75, 3.05) is 23.3 Å². The molecule has 0 radical (unpaired) electrons. The first-order chi connectivity index (χ1) is 12.9. The van der Waals surface area contributed by atoms with Crippen molar-refractivity contribution in [2.45, 2.75) is 33.7 Å². The van der Waals surface area contributed by atoms with E-state index < -0.39 is 0 Å². The van der Waals surface area contributed by atoms with Gasteiger partial charge < -0.3 is 15.5 Å². The fourth-order valence-electron chi connectivity index (χ4n) is 2.81. The van der Waals surface area contributed by atoms with Crippen molar-refractivity contribution in [1.82, 2.24) is 5.32 Å². The van der Waals surface area contributed by atoms with E-state index in [9.17, 15) is 9.59 Å². The molecule has 2 aromatic carbocycles. The van der Waals surface area contributed by atoms with Crippen molar-refractivity contribution in [3.05, 3.63) is 58.6 Å². The second-order valence-corrected chi connectivity index (χ2v) is 6.67. The molecule has 0 aliphatic heterocycles. The number of benzene rings is 2. The van der Waals surface area contributed by atoms with Crippen LogP contribution in [0.2, 0.25) is 5.02 Å². The van der Waals surface area contributed by atoms with Crippen LogP contribution < -0.4 is 15.5 Å². The predicted molar refractivity (Wildman–Crippen MR) is 111 cm³/mol. The highest BCUT2D eigenvalue weighted by Gasteiger charge is 2.12. The molecule has 2 aromatic rings. The van der Waals surface area contributed by atoms with Crippen LogP contribution in [0.4, 0.5) is 11.4 Å². The van der Waals surface area contributed by atoms with Crippen molar-refractivity contribution in [3.63, 3.8) is 0 Å². The van der Waals surface area contributed by atoms with E-state index in [4.69, 9.17) is 11.6 Å². The number of rotatable bonds is 8. The molecule has 0 spiro atoms. The molecule has 0 aromatic heterocycles. The number of carbonyl (C=O) groups excluding carboxylic acids is 2. The highest BCUT2D eigenvalue weighted by atomic mass is 35.5. The molecule has 0 atom stereocenters. The average molecular weight is 388 g/mol. The van der Waals surface area contributed by atoms with Gasteiger partial charge in [-0.25, -0.2) is 0 Å². The zero-order valence-corrected chi connectivity index (χ0v) is 16.8. The number of hydrogen-bond acceptors (Lipinski definition) is 3. The molecular formula is C21H26ClN3O2. The SMILES string of the molecule is CCN(CC)c1ccc(NC(=O)CC(=O)NCc2ccccc2Cl)c(C)c1. The summed E-state index contributed by atoms with van der Waals surface area (Å²) in [6.07, 6.45) is -0.234. The Balaban J connectivity index is 1.89. The van der Waals surface area contributed by atoms with Gasteiger partial charge in [0.25, 0.3) is 0 Å². The van der Waals surface area contributed by atoms with Crippen LogP contribution in [-0.4, -0.2) is 24.9 Å². The highest BCUT2D eigenvalue weighted by molar-refractivity contribution is 6.31. The second kappa shape index (κ2) is 9.97. The largest absolute Gasteiger partial charge is 0.372 e. The highest BCUT2D eigenvalue weighted by Crippen LogP contribution is 2.22. The zero-order chi connectivity index (χ0) is 19.8. The lowest BCUT2D eigenvalue weighted by molar-refractivity contribution is -0.126. The van der Waals surface area contributed by atoms with Crippen LogP contribution in [0.1, 0.15) is 31.4 Å². The number of halogens is 1. The van der Waals surface area contributed by atoms with Crippen molar-refractivity contribution in [1.29, 1.82) is 0 Å². The van der Waals surface area contributed by atoms with Crippen molar-refractivity contribution in [3.8, 4) is 0 Å². The molecular weight excluding hydrogens is 362 g/mol. The summed E-state index contributed by atoms with van der Waals surface area (Å²) in [4.78, 5) is 26.4. The minimum absolute atomic E-state index is 0.234. The standard InChI is InChI=1S/C21H26ClN3O2/c1-4-25(5-2)17-10-11-19(15(3)12-17)24-21(27)13-20(26)23-14-16-8-6-7-9-18(16)22/h6-12H,4-5,13-14H2,1-3H3,(H,23,26)(H,24,27). The Morgan fingerprint density at radius 3 is 2.37 bits per heavy atom. The molecule has 6 heteroatoms. The Kier molecular flexibility index (Phi) is 7.67. The van der Waals surface area contributed by atoms with Gasteiger partial charge in [0.1, 0.15) is 6.42 Å². The third-order valence-corrected chi connectivity index (χ3v) is 4.74. The fourth-order valence-corrected chi connectivity index (χ4v) is 3.01. The summed E-state index contributed by atoms with van der Waals surface area (Å²) in [7, 11) is 0. The fraction of sp³-hybridized carbons (Fsp3) is 0.333. The van der Waals surface area contributed by atoms with E-state index in [0.29, 0.717) is 11.6 Å². The van der Waals surface area contributed by atoms with Gasteiger partial charge in [-0.05, 0) is 56.2 Å². The Hall–Kier alpha value is -2.53. The second-order valence-electron chi connectivity index (χ2n) is 6.26. The minimum Gasteiger partial charge on any atom is -0.372 e. The van der Waals surface area contributed by atoms with Gasteiger partial charge >= 0.3 is 0 Å². The number of hydrogen-bond donors (Lipinski definition) is 2. The monoisotopic (exact) mass is 387 g/mol. The van der Waals surface area contributed by atoms with Crippen LogP contribution in [0.5, 0.6) is 0 Å². The van der Waals surface area contributed by atoms with Gasteiger partial charge in [0.15, 0.2) is 0 Å². The van der Waals surface area contributed by atoms with Crippen LogP contribution >= 0.6 is 11.6 Å². The quantitative estimate of drug-likeness (QED) is 0.669. The molecule has 2 rings (SSSR count). The zero-order valence-electron chi connectivity index (χ0n) is 16.0. The molecule has 0 aliphatic carbocycles. The van der Waals surface area contributed by atoms with Gasteiger partial charge in [0.2, 0.25) is 11.8 Å². The Labute approximate surface area is 165 Å². The van der Waals surface area contributed by atoms with E-state index in [0.717, 1.165) is 35.6 Å². The van der Waals surface area contributed by atoms with E-state index in [2.05, 4.69) is 29.4 Å². The lowest BCUT2D eigenvalue weighted by Crippen LogP contribution is -2.28. The third kappa shape index (κ3) is 6.00. The summed E-state index contributed by atoms with van der Waals surface area (Å²) in [6.45, 7) is 8.30. The topological polar surface area (TPSA) is 61.4 Å². The van der Waals surface area contributed by atoms with Gasteiger partial charge in [0, 0.05) is 36.0 Å². The molecule has 0 unspecified atom stereocenters. The normalized spacial score (nSPS) is 10.4. The summed E-state index contributed by atoms with van der Waals surface area (Å²) in [5, 5.41) is 6.12. The van der Waals surface area contributed by atoms with Gasteiger partial charge in [-0.15, -0.1) is 0 Å². The Morgan fingerprint density at radius 1 is 1.04 bits per heavy atom. The van der Waals surface area contributed by atoms with Crippen molar-refractivity contribution in [2.24, 2.45) is 0 Å². The third-order valence-electron chi connectivity index (χ3n) is 4.37. The summed E-state index contributed by atoms with van der Waals surface area (Å²) in [5.41, 5.74) is 3.61. The molecule has 0 saturated heterocycles. The Bertz CT molecular complexity index is 804. The molecule has 5 nitrogen and oxygen atoms in total. The molecule has 0 fully saturated rings. The van der Waals surface area contributed by atoms with E-state index in [1.807, 2.05) is 43.3 Å². The lowest BCUT2D eigenvalue weighted by Gasteiger charge is -2.22. The van der Waals surface area contributed by atoms with Crippen LogP contribution in [0, 0.1) is 6.92 Å². The summed E-state index contributed by atoms with van der Waals surface area (Å²) in [6, 6.07) is 13.2. The van der Waals surface area contributed by atoms with E-state index in [1.165, 1.54) is 0 Å². The molecule has 2 amide bonds. The van der Waals surface area contributed by atoms with Crippen LogP contribution in [0.3, 0.4) is 0 Å². The minimum atomic E-state index is -0.343. The van der Waals surface area contributed by atoms with E-state index in [-0.39, 0.29) is 18.2 Å². The first kappa shape index (κ1) is 20.8. The van der Waals surface area contributed by atoms with Gasteiger partial charge in [-0.1, -0.05) is 29.8 Å². The number of aryl methyl sites for hydroxylation is 1. The maximum Gasteiger partial charge on any atom is 0.233 e. The first-order valence-electron chi connectivity index (χ1n) is 9.10. The molecule has 144 valence electrons. The van der Waals surface area contributed by atoms with Crippen LogP contribution in [-0.2, 0) is 16.1 Å². The summed E-state index contributed by atoms with van der Waals surface area (Å²) >= 11 is 6.06. The molecule has 0 heterocycles. The molecule has 0 aliphatic rings. The van der Waals surface area contributed by atoms with Crippen molar-refractivity contribution >= 4 is 34.8 Å². The van der Waals surface area contributed by atoms with Crippen molar-refractivity contribution < 1.29 is 9.59 Å². The maximum atomic E-state index is 12.2. The number of anilines is 2. The predicted octanol–water partition coefficient (Wildman–Crippen LogP) is 4.14. The van der Waals surface area contributed by atoms with E-state index >= 15 is 0 Å². The van der Waals surface area contributed by atoms with Gasteiger partial charge in [0.05, 0.1) is 0 Å². The number of carbonyl (C=O) groups is 2. The molecule has 27 heavy (non-hydrogen) atoms. The maximum absolute atomic E-state index is 12.2. The summed E-state index contributed by atoms with van der Waals surface area (Å²) in [5.74, 6) is -0.685. The lowest BCUT2D eigenvalue weighted by atomic mass is 10.1. The first-order valence-corrected chi connectivity index (χ1v) is 9.48. The Morgan fingerprint density at radius 2 is 1.74 bits per heavy atom. The number of amides is 2. The van der Waals surface area contributed by atoms with Gasteiger partial charge in [-0.2, -0.15) is 0 Å². The number of nitrogens with zero attached hydrogens (tertiary/aromatic N) is 1. The average Bonchev–Trinajstić information content (AvgIpc) is 2.64. The molecule has 0 bridgehead atoms. The van der Waals surface area contributed by atoms with E-state index in [1.54, 1.807) is 6.07 Å². The molecule has 2 N–H and O–H groups in total. The van der Waals surface area contributed by atoms with Crippen LogP contribution in [0.25, 0.3) is 0 Å². The number of nitrogens with one attached hydrogen (secondary N) is 2. The van der Waals surface area contributed by atoms with Crippen LogP contribution in [0.15, 0.2) is 42.5 Å². The molecule has 0 saturated carbocycles. The summed E-state index contributed by atoms with van der Waals surface area (Å²) < 4.78 is 0. The smallest absolute Gasteiger partial charge is 0.233 e.